The Hall–Kier alpha value is -3.22. The van der Waals surface area contributed by atoms with Gasteiger partial charge in [0, 0.05) is 27.6 Å². The molecule has 1 aliphatic carbocycles. The first-order valence-corrected chi connectivity index (χ1v) is 7.15. The number of carbonyl (C=O) groups is 2. The molecule has 0 spiro atoms. The average Bonchev–Trinajstić information content (AvgIpc) is 3.37. The Bertz CT molecular complexity index is 751. The molecule has 1 fully saturated rings. The van der Waals surface area contributed by atoms with Crippen molar-refractivity contribution in [2.24, 2.45) is 22.1 Å². The van der Waals surface area contributed by atoms with E-state index in [9.17, 15) is 9.59 Å². The van der Waals surface area contributed by atoms with Gasteiger partial charge < -0.3 is 10.1 Å². The predicted molar refractivity (Wildman–Crippen MR) is 84.0 cm³/mol. The zero-order valence-electron chi connectivity index (χ0n) is 12.9. The van der Waals surface area contributed by atoms with Crippen LogP contribution in [0.3, 0.4) is 0 Å². The number of amides is 1. The summed E-state index contributed by atoms with van der Waals surface area (Å²) >= 11 is 0. The lowest BCUT2D eigenvalue weighted by atomic mass is 10.1. The second kappa shape index (κ2) is 7.87. The monoisotopic (exact) mass is 329 g/mol. The summed E-state index contributed by atoms with van der Waals surface area (Å²) in [6, 6.07) is 4.55. The zero-order chi connectivity index (χ0) is 17.5. The summed E-state index contributed by atoms with van der Waals surface area (Å²) in [7, 11) is 1.34. The van der Waals surface area contributed by atoms with E-state index in [-0.39, 0.29) is 35.9 Å². The second-order valence-electron chi connectivity index (χ2n) is 5.30. The lowest BCUT2D eigenvalue weighted by Gasteiger charge is -2.07. The van der Waals surface area contributed by atoms with Crippen molar-refractivity contribution >= 4 is 17.6 Å². The highest BCUT2D eigenvalue weighted by Gasteiger charge is 2.43. The number of esters is 1. The number of azide groups is 2. The lowest BCUT2D eigenvalue weighted by Crippen LogP contribution is -2.26. The van der Waals surface area contributed by atoms with Crippen LogP contribution in [0.25, 0.3) is 20.9 Å². The van der Waals surface area contributed by atoms with Gasteiger partial charge in [0.1, 0.15) is 0 Å². The Morgan fingerprint density at radius 1 is 1.33 bits per heavy atom. The normalized spacial score (nSPS) is 17.9. The van der Waals surface area contributed by atoms with Crippen LogP contribution < -0.4 is 5.32 Å². The van der Waals surface area contributed by atoms with Crippen molar-refractivity contribution in [2.45, 2.75) is 13.0 Å². The highest BCUT2D eigenvalue weighted by molar-refractivity contribution is 5.95. The molecule has 2 rings (SSSR count). The van der Waals surface area contributed by atoms with Crippen molar-refractivity contribution in [2.75, 3.05) is 13.7 Å². The molecule has 1 aliphatic rings. The third-order valence-electron chi connectivity index (χ3n) is 3.67. The minimum atomic E-state index is -0.359. The molecule has 1 aromatic carbocycles. The molecule has 2 atom stereocenters. The van der Waals surface area contributed by atoms with E-state index in [4.69, 9.17) is 11.1 Å². The summed E-state index contributed by atoms with van der Waals surface area (Å²) in [4.78, 5) is 28.9. The molecule has 0 unspecified atom stereocenters. The molecule has 1 aromatic rings. The van der Waals surface area contributed by atoms with Crippen LogP contribution in [0, 0.1) is 11.8 Å². The number of nitrogens with zero attached hydrogens (tertiary/aromatic N) is 6. The number of carbonyl (C=O) groups excluding carboxylic acids is 2. The maximum atomic E-state index is 12.2. The van der Waals surface area contributed by atoms with Crippen molar-refractivity contribution in [3.63, 3.8) is 0 Å². The summed E-state index contributed by atoms with van der Waals surface area (Å²) in [5.74, 6) is -0.714. The van der Waals surface area contributed by atoms with Crippen LogP contribution in [-0.4, -0.2) is 25.5 Å². The highest BCUT2D eigenvalue weighted by atomic mass is 16.5. The smallest absolute Gasteiger partial charge is 0.309 e. The first-order valence-electron chi connectivity index (χ1n) is 7.15. The van der Waals surface area contributed by atoms with Crippen LogP contribution >= 0.6 is 0 Å². The van der Waals surface area contributed by atoms with Gasteiger partial charge >= 0.3 is 5.97 Å². The van der Waals surface area contributed by atoms with E-state index in [1.807, 2.05) is 0 Å². The molecule has 0 saturated heterocycles. The standard InChI is InChI=1S/C14H15N7O3/c1-24-14(23)12-5-10(12)7-17-13(22)9-2-8(6-18-20-15)3-11(4-9)19-21-16/h2-4,10,12H,5-7H2,1H3,(H,17,22)/t10-,12-/m1/s1. The van der Waals surface area contributed by atoms with Gasteiger partial charge in [0.05, 0.1) is 19.6 Å². The van der Waals surface area contributed by atoms with Crippen LogP contribution in [0.15, 0.2) is 28.4 Å². The Morgan fingerprint density at radius 3 is 2.79 bits per heavy atom. The molecule has 1 saturated carbocycles. The summed E-state index contributed by atoms with van der Waals surface area (Å²) in [5.41, 5.74) is 18.0. The average molecular weight is 329 g/mol. The molecule has 0 heterocycles. The summed E-state index contributed by atoms with van der Waals surface area (Å²) < 4.78 is 4.65. The lowest BCUT2D eigenvalue weighted by molar-refractivity contribution is -0.142. The van der Waals surface area contributed by atoms with Gasteiger partial charge in [-0.15, -0.1) is 0 Å². The van der Waals surface area contributed by atoms with Gasteiger partial charge in [-0.1, -0.05) is 10.2 Å². The van der Waals surface area contributed by atoms with Crippen LogP contribution in [0.4, 0.5) is 5.69 Å². The van der Waals surface area contributed by atoms with Crippen molar-refractivity contribution in [1.29, 1.82) is 0 Å². The van der Waals surface area contributed by atoms with Gasteiger partial charge in [-0.25, -0.2) is 0 Å². The molecule has 0 radical (unpaired) electrons. The van der Waals surface area contributed by atoms with Gasteiger partial charge in [0.15, 0.2) is 0 Å². The zero-order valence-corrected chi connectivity index (χ0v) is 12.9. The van der Waals surface area contributed by atoms with E-state index in [0.717, 1.165) is 0 Å². The van der Waals surface area contributed by atoms with Crippen molar-refractivity contribution < 1.29 is 14.3 Å². The first-order chi connectivity index (χ1) is 11.6. The molecule has 24 heavy (non-hydrogen) atoms. The molecule has 0 aliphatic heterocycles. The van der Waals surface area contributed by atoms with Gasteiger partial charge in [0.25, 0.3) is 5.91 Å². The van der Waals surface area contributed by atoms with Gasteiger partial charge in [-0.05, 0) is 47.2 Å². The Balaban J connectivity index is 2.05. The summed E-state index contributed by atoms with van der Waals surface area (Å²) in [6.07, 6.45) is 0.688. The van der Waals surface area contributed by atoms with E-state index >= 15 is 0 Å². The van der Waals surface area contributed by atoms with E-state index in [1.165, 1.54) is 13.2 Å². The molecule has 1 amide bonds. The Labute approximate surface area is 137 Å². The number of hydrogen-bond donors (Lipinski definition) is 1. The van der Waals surface area contributed by atoms with Crippen molar-refractivity contribution in [3.8, 4) is 0 Å². The third-order valence-corrected chi connectivity index (χ3v) is 3.67. The van der Waals surface area contributed by atoms with E-state index in [0.29, 0.717) is 24.1 Å². The fourth-order valence-electron chi connectivity index (χ4n) is 2.36. The van der Waals surface area contributed by atoms with Crippen LogP contribution in [-0.2, 0) is 16.1 Å². The number of benzene rings is 1. The SMILES string of the molecule is COC(=O)[C@@H]1C[C@@H]1CNC(=O)c1cc(CN=[N+]=[N-])cc(N=[N+]=[N-])c1. The van der Waals surface area contributed by atoms with Crippen LogP contribution in [0.5, 0.6) is 0 Å². The quantitative estimate of drug-likeness (QED) is 0.354. The Kier molecular flexibility index (Phi) is 5.62. The van der Waals surface area contributed by atoms with Gasteiger partial charge in [0.2, 0.25) is 0 Å². The van der Waals surface area contributed by atoms with Gasteiger partial charge in [-0.3, -0.25) is 9.59 Å². The number of rotatable bonds is 7. The Morgan fingerprint density at radius 2 is 2.12 bits per heavy atom. The van der Waals surface area contributed by atoms with E-state index < -0.39 is 0 Å². The number of ether oxygens (including phenoxy) is 1. The fourth-order valence-corrected chi connectivity index (χ4v) is 2.36. The summed E-state index contributed by atoms with van der Waals surface area (Å²) in [5, 5.41) is 9.64. The number of nitrogens with one attached hydrogen (secondary N) is 1. The molecule has 124 valence electrons. The maximum absolute atomic E-state index is 12.2. The van der Waals surface area contributed by atoms with Crippen LogP contribution in [0.1, 0.15) is 22.3 Å². The second-order valence-corrected chi connectivity index (χ2v) is 5.30. The van der Waals surface area contributed by atoms with Crippen molar-refractivity contribution in [1.82, 2.24) is 5.32 Å². The molecular weight excluding hydrogens is 314 g/mol. The third kappa shape index (κ3) is 4.39. The minimum Gasteiger partial charge on any atom is -0.469 e. The van der Waals surface area contributed by atoms with Gasteiger partial charge in [-0.2, -0.15) is 0 Å². The molecular formula is C14H15N7O3. The topological polar surface area (TPSA) is 153 Å². The van der Waals surface area contributed by atoms with E-state index in [2.05, 4.69) is 30.1 Å². The molecule has 0 aromatic heterocycles. The summed E-state index contributed by atoms with van der Waals surface area (Å²) in [6.45, 7) is 0.397. The number of hydrogen-bond acceptors (Lipinski definition) is 5. The first kappa shape index (κ1) is 17.1. The van der Waals surface area contributed by atoms with Crippen molar-refractivity contribution in [3.05, 3.63) is 50.2 Å². The largest absolute Gasteiger partial charge is 0.469 e. The highest BCUT2D eigenvalue weighted by Crippen LogP contribution is 2.38. The molecule has 1 N–H and O–H groups in total. The predicted octanol–water partition coefficient (Wildman–Crippen LogP) is 2.98. The fraction of sp³-hybridized carbons (Fsp3) is 0.429. The minimum absolute atomic E-state index is 0.0403. The number of methoxy groups -OCH3 is 1. The maximum Gasteiger partial charge on any atom is 0.309 e. The molecule has 10 nitrogen and oxygen atoms in total. The molecule has 10 heteroatoms. The van der Waals surface area contributed by atoms with Crippen LogP contribution in [0.2, 0.25) is 0 Å². The molecule has 0 bridgehead atoms. The van der Waals surface area contributed by atoms with E-state index in [1.54, 1.807) is 12.1 Å².